The van der Waals surface area contributed by atoms with E-state index in [9.17, 15) is 33.6 Å². The average molecular weight is 899 g/mol. The smallest absolute Gasteiger partial charge is 0.419 e. The third kappa shape index (κ3) is 10.8. The van der Waals surface area contributed by atoms with E-state index in [4.69, 9.17) is 13.9 Å². The van der Waals surface area contributed by atoms with Gasteiger partial charge in [0, 0.05) is 116 Å². The minimum Gasteiger partial charge on any atom is -0.466 e. The van der Waals surface area contributed by atoms with Gasteiger partial charge in [0.25, 0.3) is 5.91 Å². The van der Waals surface area contributed by atoms with Gasteiger partial charge < -0.3 is 43.7 Å². The van der Waals surface area contributed by atoms with Gasteiger partial charge >= 0.3 is 23.8 Å². The Balaban J connectivity index is 0.823. The van der Waals surface area contributed by atoms with Crippen LogP contribution in [0.3, 0.4) is 0 Å². The predicted molar refractivity (Wildman–Crippen MR) is 239 cm³/mol. The Labute approximate surface area is 378 Å². The molecular weight excluding hydrogens is 837 g/mol. The monoisotopic (exact) mass is 898 g/mol. The number of carbonyl (C=O) groups excluding carboxylic acids is 6. The maximum absolute atomic E-state index is 14.4. The number of nitrogens with one attached hydrogen (secondary N) is 1. The number of benzene rings is 2. The number of piperazine rings is 1. The molecule has 6 heterocycles. The number of aromatic nitrogens is 1. The molecule has 1 N–H and O–H groups in total. The van der Waals surface area contributed by atoms with E-state index in [0.717, 1.165) is 49.0 Å². The lowest BCUT2D eigenvalue weighted by atomic mass is 9.99. The topological polar surface area (TPSA) is 187 Å². The van der Waals surface area contributed by atoms with Crippen molar-refractivity contribution in [3.8, 4) is 0 Å². The fraction of sp³-hybridized carbons (Fsp3) is 0.596. The Morgan fingerprint density at radius 2 is 1.54 bits per heavy atom. The molecule has 4 fully saturated rings. The third-order valence-electron chi connectivity index (χ3n) is 13.9. The van der Waals surface area contributed by atoms with Crippen LogP contribution in [0.2, 0.25) is 0 Å². The standard InChI is InChI=1S/C47H62N8O10/c1-32-29-33(30-38-43(32)49(2)46(61)64-38)31-39(65-47(62)54-21-15-36(16-22-54)55-23-12-34-7-3-4-8-37(34)48-45(55)60)44(59)53-19-13-35(14-20-53)50-24-26-52(27-25-50)41(57)10-11-42(58)63-28-6-18-51-17-5-9-40(51)56/h3-4,7-8,29-30,35-36,39H,5-6,9-28,31H2,1-2H3,(H,48,60)/t39-/m1/s1. The highest BCUT2D eigenvalue weighted by molar-refractivity contribution is 5.91. The van der Waals surface area contributed by atoms with Crippen molar-refractivity contribution in [2.75, 3.05) is 83.9 Å². The Morgan fingerprint density at radius 3 is 2.28 bits per heavy atom. The van der Waals surface area contributed by atoms with Gasteiger partial charge in [-0.2, -0.15) is 0 Å². The van der Waals surface area contributed by atoms with E-state index in [1.54, 1.807) is 32.7 Å². The molecule has 5 aliphatic heterocycles. The van der Waals surface area contributed by atoms with Crippen LogP contribution in [-0.2, 0) is 48.5 Å². The third-order valence-corrected chi connectivity index (χ3v) is 13.9. The number of hydrogen-bond acceptors (Lipinski definition) is 11. The summed E-state index contributed by atoms with van der Waals surface area (Å²) in [6.45, 7) is 8.21. The number of anilines is 1. The van der Waals surface area contributed by atoms with Crippen molar-refractivity contribution in [3.63, 3.8) is 0 Å². The largest absolute Gasteiger partial charge is 0.466 e. The number of fused-ring (bicyclic) bond motifs is 2. The second-order valence-electron chi connectivity index (χ2n) is 18.0. The fourth-order valence-electron chi connectivity index (χ4n) is 10.2. The first-order chi connectivity index (χ1) is 31.4. The van der Waals surface area contributed by atoms with Crippen LogP contribution in [0.5, 0.6) is 0 Å². The molecule has 4 saturated heterocycles. The minimum atomic E-state index is -1.12. The van der Waals surface area contributed by atoms with Gasteiger partial charge in [-0.1, -0.05) is 24.3 Å². The number of urea groups is 1. The number of rotatable bonds is 13. The zero-order chi connectivity index (χ0) is 45.6. The molecule has 3 aromatic rings. The zero-order valence-electron chi connectivity index (χ0n) is 37.7. The molecule has 0 radical (unpaired) electrons. The number of hydrogen-bond donors (Lipinski definition) is 1. The van der Waals surface area contributed by atoms with Gasteiger partial charge in [-0.25, -0.2) is 14.4 Å². The second-order valence-corrected chi connectivity index (χ2v) is 18.0. The molecule has 1 atom stereocenters. The molecule has 0 unspecified atom stereocenters. The highest BCUT2D eigenvalue weighted by Gasteiger charge is 2.37. The van der Waals surface area contributed by atoms with Gasteiger partial charge in [0.05, 0.1) is 18.5 Å². The molecule has 0 spiro atoms. The van der Waals surface area contributed by atoms with Crippen molar-refractivity contribution in [2.45, 2.75) is 95.7 Å². The zero-order valence-corrected chi connectivity index (χ0v) is 37.7. The molecular formula is C47H62N8O10. The van der Waals surface area contributed by atoms with Crippen LogP contribution in [0.4, 0.5) is 15.3 Å². The number of para-hydroxylation sites is 1. The van der Waals surface area contributed by atoms with E-state index in [2.05, 4.69) is 10.2 Å². The Hall–Kier alpha value is -5.91. The number of oxazole rings is 1. The molecule has 2 aromatic carbocycles. The summed E-state index contributed by atoms with van der Waals surface area (Å²) in [4.78, 5) is 102. The summed E-state index contributed by atoms with van der Waals surface area (Å²) in [5.74, 6) is -1.10. The maximum atomic E-state index is 14.4. The van der Waals surface area contributed by atoms with Gasteiger partial charge in [0.15, 0.2) is 11.7 Å². The van der Waals surface area contributed by atoms with E-state index in [0.29, 0.717) is 108 Å². The predicted octanol–water partition coefficient (Wildman–Crippen LogP) is 3.51. The van der Waals surface area contributed by atoms with E-state index >= 15 is 0 Å². The molecule has 18 nitrogen and oxygen atoms in total. The summed E-state index contributed by atoms with van der Waals surface area (Å²) in [6.07, 6.45) is 3.89. The Morgan fingerprint density at radius 1 is 0.815 bits per heavy atom. The molecule has 18 heteroatoms. The number of piperidine rings is 2. The highest BCUT2D eigenvalue weighted by atomic mass is 16.6. The summed E-state index contributed by atoms with van der Waals surface area (Å²) in [6, 6.07) is 11.5. The van der Waals surface area contributed by atoms with Gasteiger partial charge in [-0.05, 0) is 80.7 Å². The van der Waals surface area contributed by atoms with Gasteiger partial charge in [-0.15, -0.1) is 0 Å². The van der Waals surface area contributed by atoms with Gasteiger partial charge in [0.1, 0.15) is 0 Å². The normalized spacial score (nSPS) is 19.6. The molecule has 6 amide bonds. The maximum Gasteiger partial charge on any atom is 0.419 e. The summed E-state index contributed by atoms with van der Waals surface area (Å²) >= 11 is 0. The average Bonchev–Trinajstić information content (AvgIpc) is 3.80. The molecule has 350 valence electrons. The minimum absolute atomic E-state index is 0.0225. The van der Waals surface area contributed by atoms with Gasteiger partial charge in [0.2, 0.25) is 11.8 Å². The van der Waals surface area contributed by atoms with Crippen LogP contribution in [0.1, 0.15) is 74.5 Å². The number of esters is 1. The molecule has 0 bridgehead atoms. The summed E-state index contributed by atoms with van der Waals surface area (Å²) < 4.78 is 18.4. The number of likely N-dealkylation sites (tertiary alicyclic amines) is 3. The molecule has 0 aliphatic carbocycles. The Kier molecular flexibility index (Phi) is 14.4. The first-order valence-corrected chi connectivity index (χ1v) is 23.4. The lowest BCUT2D eigenvalue weighted by molar-refractivity contribution is -0.146. The summed E-state index contributed by atoms with van der Waals surface area (Å²) in [7, 11) is 1.64. The number of nitrogens with zero attached hydrogens (tertiary/aromatic N) is 7. The van der Waals surface area contributed by atoms with Crippen LogP contribution in [-0.4, -0.2) is 167 Å². The molecule has 0 saturated carbocycles. The number of carbonyl (C=O) groups is 6. The van der Waals surface area contributed by atoms with Gasteiger partial charge in [-0.3, -0.25) is 28.6 Å². The van der Waals surface area contributed by atoms with Crippen molar-refractivity contribution >= 4 is 52.6 Å². The SMILES string of the molecule is Cc1cc(C[C@@H](OC(=O)N2CCC(N3CCc4ccccc4NC3=O)CC2)C(=O)N2CCC(N3CCN(C(=O)CCC(=O)OCCCN4CCCC4=O)CC3)CC2)cc2oc(=O)n(C)c12. The molecule has 1 aromatic heterocycles. The highest BCUT2D eigenvalue weighted by Crippen LogP contribution is 2.27. The van der Waals surface area contributed by atoms with Crippen molar-refractivity contribution in [1.29, 1.82) is 0 Å². The fourth-order valence-corrected chi connectivity index (χ4v) is 10.2. The first kappa shape index (κ1) is 45.7. The first-order valence-electron chi connectivity index (χ1n) is 23.4. The number of ether oxygens (including phenoxy) is 2. The van der Waals surface area contributed by atoms with E-state index in [-0.39, 0.29) is 61.7 Å². The van der Waals surface area contributed by atoms with Crippen molar-refractivity contribution in [2.24, 2.45) is 7.05 Å². The van der Waals surface area contributed by atoms with Crippen LogP contribution in [0.25, 0.3) is 11.1 Å². The lowest BCUT2D eigenvalue weighted by Gasteiger charge is -2.43. The molecule has 65 heavy (non-hydrogen) atoms. The Bertz CT molecular complexity index is 2300. The quantitative estimate of drug-likeness (QED) is 0.196. The van der Waals surface area contributed by atoms with E-state index in [1.807, 2.05) is 42.2 Å². The number of amides is 6. The van der Waals surface area contributed by atoms with Crippen LogP contribution < -0.4 is 11.1 Å². The molecule has 5 aliphatic rings. The van der Waals surface area contributed by atoms with E-state index < -0.39 is 23.9 Å². The van der Waals surface area contributed by atoms with Crippen molar-refractivity contribution < 1.29 is 42.7 Å². The van der Waals surface area contributed by atoms with Crippen molar-refractivity contribution in [3.05, 3.63) is 63.6 Å². The number of aryl methyl sites for hydroxylation is 2. The lowest BCUT2D eigenvalue weighted by Crippen LogP contribution is -2.56. The summed E-state index contributed by atoms with van der Waals surface area (Å²) in [5.41, 5.74) is 4.48. The van der Waals surface area contributed by atoms with Crippen LogP contribution >= 0.6 is 0 Å². The van der Waals surface area contributed by atoms with Crippen LogP contribution in [0, 0.1) is 6.92 Å². The second kappa shape index (κ2) is 20.5. The van der Waals surface area contributed by atoms with Crippen molar-refractivity contribution in [1.82, 2.24) is 34.0 Å². The van der Waals surface area contributed by atoms with Crippen LogP contribution in [0.15, 0.2) is 45.6 Å². The van der Waals surface area contributed by atoms with E-state index in [1.165, 1.54) is 4.57 Å². The molecule has 8 rings (SSSR count). The summed E-state index contributed by atoms with van der Waals surface area (Å²) in [5, 5.41) is 3.04.